The number of aliphatic hydroxyl groups excluding tert-OH is 1. The largest absolute Gasteiger partial charge is 0.394 e. The van der Waals surface area contributed by atoms with Crippen molar-refractivity contribution < 1.29 is 18.7 Å². The van der Waals surface area contributed by atoms with E-state index >= 15 is 0 Å². The number of halogens is 2. The molecule has 1 aromatic carbocycles. The van der Waals surface area contributed by atoms with Gasteiger partial charge in [0.15, 0.2) is 11.6 Å². The van der Waals surface area contributed by atoms with Crippen molar-refractivity contribution in [3.8, 4) is 0 Å². The van der Waals surface area contributed by atoms with E-state index in [0.29, 0.717) is 0 Å². The number of amides is 1. The Bertz CT molecular complexity index is 368. The molecule has 15 heavy (non-hydrogen) atoms. The van der Waals surface area contributed by atoms with Crippen molar-refractivity contribution in [2.24, 2.45) is 0 Å². The standard InChI is InChI=1S/C10H11F2NO2/c1-6(5-14)13-10(15)7-3-2-4-8(11)9(7)12/h2-4,6,14H,5H2,1H3,(H,13,15)/t6-/m0/s1. The summed E-state index contributed by atoms with van der Waals surface area (Å²) in [7, 11) is 0. The first-order chi connectivity index (χ1) is 7.06. The third-order valence-electron chi connectivity index (χ3n) is 1.85. The summed E-state index contributed by atoms with van der Waals surface area (Å²) in [4.78, 5) is 11.4. The highest BCUT2D eigenvalue weighted by molar-refractivity contribution is 5.94. The summed E-state index contributed by atoms with van der Waals surface area (Å²) in [5.74, 6) is -2.99. The van der Waals surface area contributed by atoms with Crippen LogP contribution in [0.5, 0.6) is 0 Å². The van der Waals surface area contributed by atoms with E-state index in [4.69, 9.17) is 5.11 Å². The van der Waals surface area contributed by atoms with E-state index in [0.717, 1.165) is 6.07 Å². The fourth-order valence-corrected chi connectivity index (χ4v) is 1.03. The van der Waals surface area contributed by atoms with Gasteiger partial charge in [0.1, 0.15) is 0 Å². The van der Waals surface area contributed by atoms with Gasteiger partial charge in [-0.2, -0.15) is 0 Å². The molecule has 0 aliphatic carbocycles. The number of hydrogen-bond donors (Lipinski definition) is 2. The van der Waals surface area contributed by atoms with Gasteiger partial charge in [0, 0.05) is 6.04 Å². The van der Waals surface area contributed by atoms with Gasteiger partial charge in [-0.15, -0.1) is 0 Å². The number of hydrogen-bond acceptors (Lipinski definition) is 2. The zero-order chi connectivity index (χ0) is 11.4. The number of carbonyl (C=O) groups excluding carboxylic acids is 1. The van der Waals surface area contributed by atoms with Gasteiger partial charge < -0.3 is 10.4 Å². The van der Waals surface area contributed by atoms with E-state index in [2.05, 4.69) is 5.32 Å². The third kappa shape index (κ3) is 2.73. The Hall–Kier alpha value is -1.49. The Balaban J connectivity index is 2.87. The predicted molar refractivity (Wildman–Crippen MR) is 50.4 cm³/mol. The third-order valence-corrected chi connectivity index (χ3v) is 1.85. The van der Waals surface area contributed by atoms with E-state index in [-0.39, 0.29) is 12.2 Å². The quantitative estimate of drug-likeness (QED) is 0.792. The SMILES string of the molecule is C[C@@H](CO)NC(=O)c1cccc(F)c1F. The van der Waals surface area contributed by atoms with E-state index in [1.807, 2.05) is 0 Å². The minimum atomic E-state index is -1.18. The first kappa shape index (κ1) is 11.6. The van der Waals surface area contributed by atoms with Crippen LogP contribution < -0.4 is 5.32 Å². The number of rotatable bonds is 3. The second kappa shape index (κ2) is 4.84. The molecule has 0 bridgehead atoms. The Morgan fingerprint density at radius 2 is 2.20 bits per heavy atom. The summed E-state index contributed by atoms with van der Waals surface area (Å²) in [6.07, 6.45) is 0. The van der Waals surface area contributed by atoms with Crippen molar-refractivity contribution in [3.05, 3.63) is 35.4 Å². The summed E-state index contributed by atoms with van der Waals surface area (Å²) < 4.78 is 25.9. The number of benzene rings is 1. The molecular weight excluding hydrogens is 204 g/mol. The minimum absolute atomic E-state index is 0.261. The molecule has 1 aromatic rings. The topological polar surface area (TPSA) is 49.3 Å². The average Bonchev–Trinajstić information content (AvgIpc) is 2.21. The average molecular weight is 215 g/mol. The fraction of sp³-hybridized carbons (Fsp3) is 0.300. The second-order valence-corrected chi connectivity index (χ2v) is 3.16. The van der Waals surface area contributed by atoms with Crippen molar-refractivity contribution in [2.75, 3.05) is 6.61 Å². The second-order valence-electron chi connectivity index (χ2n) is 3.16. The summed E-state index contributed by atoms with van der Waals surface area (Å²) in [6.45, 7) is 1.29. The lowest BCUT2D eigenvalue weighted by molar-refractivity contribution is 0.0917. The highest BCUT2D eigenvalue weighted by Crippen LogP contribution is 2.11. The van der Waals surface area contributed by atoms with Crippen LogP contribution in [-0.2, 0) is 0 Å². The van der Waals surface area contributed by atoms with Gasteiger partial charge in [0.2, 0.25) is 0 Å². The molecule has 82 valence electrons. The van der Waals surface area contributed by atoms with E-state index in [9.17, 15) is 13.6 Å². The van der Waals surface area contributed by atoms with Crippen LogP contribution in [0.4, 0.5) is 8.78 Å². The molecule has 1 amide bonds. The zero-order valence-electron chi connectivity index (χ0n) is 8.13. The molecule has 3 nitrogen and oxygen atoms in total. The van der Waals surface area contributed by atoms with Crippen molar-refractivity contribution in [2.45, 2.75) is 13.0 Å². The fourth-order valence-electron chi connectivity index (χ4n) is 1.03. The number of aliphatic hydroxyl groups is 1. The van der Waals surface area contributed by atoms with Crippen molar-refractivity contribution in [1.29, 1.82) is 0 Å². The zero-order valence-corrected chi connectivity index (χ0v) is 8.13. The maximum atomic E-state index is 13.1. The molecule has 0 aromatic heterocycles. The highest BCUT2D eigenvalue weighted by atomic mass is 19.2. The van der Waals surface area contributed by atoms with Gasteiger partial charge in [-0.05, 0) is 19.1 Å². The lowest BCUT2D eigenvalue weighted by atomic mass is 10.2. The molecule has 0 unspecified atom stereocenters. The van der Waals surface area contributed by atoms with Crippen LogP contribution in [-0.4, -0.2) is 23.7 Å². The van der Waals surface area contributed by atoms with Crippen molar-refractivity contribution in [3.63, 3.8) is 0 Å². The lowest BCUT2D eigenvalue weighted by Crippen LogP contribution is -2.35. The molecule has 0 saturated carbocycles. The lowest BCUT2D eigenvalue weighted by Gasteiger charge is -2.11. The molecule has 0 fully saturated rings. The van der Waals surface area contributed by atoms with Gasteiger partial charge in [-0.3, -0.25) is 4.79 Å². The Morgan fingerprint density at radius 3 is 2.80 bits per heavy atom. The molecule has 0 saturated heterocycles. The molecule has 0 radical (unpaired) electrons. The van der Waals surface area contributed by atoms with Crippen LogP contribution in [0.15, 0.2) is 18.2 Å². The molecule has 2 N–H and O–H groups in total. The monoisotopic (exact) mass is 215 g/mol. The highest BCUT2D eigenvalue weighted by Gasteiger charge is 2.16. The Morgan fingerprint density at radius 1 is 1.53 bits per heavy atom. The van der Waals surface area contributed by atoms with Crippen LogP contribution in [0.3, 0.4) is 0 Å². The van der Waals surface area contributed by atoms with Gasteiger partial charge in [-0.25, -0.2) is 8.78 Å². The Kier molecular flexibility index (Phi) is 3.74. The first-order valence-electron chi connectivity index (χ1n) is 4.42. The van der Waals surface area contributed by atoms with Gasteiger partial charge >= 0.3 is 0 Å². The molecule has 0 heterocycles. The van der Waals surface area contributed by atoms with Gasteiger partial charge in [0.05, 0.1) is 12.2 Å². The Labute approximate surface area is 85.7 Å². The molecule has 5 heteroatoms. The molecule has 0 aliphatic heterocycles. The van der Waals surface area contributed by atoms with E-state index in [1.165, 1.54) is 12.1 Å². The molecule has 1 atom stereocenters. The van der Waals surface area contributed by atoms with Gasteiger partial charge in [-0.1, -0.05) is 6.07 Å². The maximum absolute atomic E-state index is 13.1. The van der Waals surface area contributed by atoms with E-state index < -0.39 is 23.6 Å². The van der Waals surface area contributed by atoms with Crippen LogP contribution in [0, 0.1) is 11.6 Å². The number of carbonyl (C=O) groups is 1. The number of nitrogens with one attached hydrogen (secondary N) is 1. The molecule has 0 aliphatic rings. The van der Waals surface area contributed by atoms with Crippen LogP contribution >= 0.6 is 0 Å². The summed E-state index contributed by atoms with van der Waals surface area (Å²) in [5, 5.41) is 11.0. The van der Waals surface area contributed by atoms with Crippen molar-refractivity contribution >= 4 is 5.91 Å². The smallest absolute Gasteiger partial charge is 0.254 e. The first-order valence-corrected chi connectivity index (χ1v) is 4.42. The minimum Gasteiger partial charge on any atom is -0.394 e. The maximum Gasteiger partial charge on any atom is 0.254 e. The van der Waals surface area contributed by atoms with Crippen LogP contribution in [0.1, 0.15) is 17.3 Å². The molecule has 1 rings (SSSR count). The van der Waals surface area contributed by atoms with Crippen molar-refractivity contribution in [1.82, 2.24) is 5.32 Å². The van der Waals surface area contributed by atoms with E-state index in [1.54, 1.807) is 6.92 Å². The van der Waals surface area contributed by atoms with Crippen LogP contribution in [0.2, 0.25) is 0 Å². The summed E-state index contributed by atoms with van der Waals surface area (Å²) in [5.41, 5.74) is -0.365. The molecular formula is C10H11F2NO2. The van der Waals surface area contributed by atoms with Crippen LogP contribution in [0.25, 0.3) is 0 Å². The summed E-state index contributed by atoms with van der Waals surface area (Å²) in [6, 6.07) is 2.86. The van der Waals surface area contributed by atoms with Gasteiger partial charge in [0.25, 0.3) is 5.91 Å². The predicted octanol–water partition coefficient (Wildman–Crippen LogP) is 1.08. The summed E-state index contributed by atoms with van der Waals surface area (Å²) >= 11 is 0. The molecule has 0 spiro atoms. The normalized spacial score (nSPS) is 12.3.